The second kappa shape index (κ2) is 10.1. The van der Waals surface area contributed by atoms with Gasteiger partial charge in [-0.15, -0.1) is 16.4 Å². The van der Waals surface area contributed by atoms with E-state index in [0.29, 0.717) is 16.3 Å². The number of benzene rings is 1. The Kier molecular flexibility index (Phi) is 7.44. The summed E-state index contributed by atoms with van der Waals surface area (Å²) in [6.45, 7) is 4.34. The lowest BCUT2D eigenvalue weighted by molar-refractivity contribution is -0.192. The fraction of sp³-hybridized carbons (Fsp3) is 0.286. The summed E-state index contributed by atoms with van der Waals surface area (Å²) in [5.74, 6) is -1.97. The molecule has 0 atom stereocenters. The van der Waals surface area contributed by atoms with E-state index in [-0.39, 0.29) is 11.7 Å². The van der Waals surface area contributed by atoms with Gasteiger partial charge in [-0.1, -0.05) is 6.07 Å². The molecule has 3 heterocycles. The topological polar surface area (TPSA) is 108 Å². The van der Waals surface area contributed by atoms with Crippen LogP contribution in [0.25, 0.3) is 0 Å². The summed E-state index contributed by atoms with van der Waals surface area (Å²) in [5, 5.41) is 18.5. The first kappa shape index (κ1) is 25.0. The summed E-state index contributed by atoms with van der Waals surface area (Å²) in [6, 6.07) is 8.44. The highest BCUT2D eigenvalue weighted by Gasteiger charge is 2.38. The fourth-order valence-electron chi connectivity index (χ4n) is 2.93. The van der Waals surface area contributed by atoms with E-state index in [4.69, 9.17) is 9.90 Å². The number of aryl methyl sites for hydroxylation is 3. The van der Waals surface area contributed by atoms with E-state index in [1.54, 1.807) is 19.1 Å². The lowest BCUT2D eigenvalue weighted by Gasteiger charge is -2.25. The average Bonchev–Trinajstić information content (AvgIpc) is 3.21. The van der Waals surface area contributed by atoms with E-state index in [1.807, 2.05) is 24.0 Å². The minimum atomic E-state index is -5.08. The molecule has 0 fully saturated rings. The minimum absolute atomic E-state index is 0.340. The number of nitrogens with zero attached hydrogens (tertiary/aromatic N) is 4. The van der Waals surface area contributed by atoms with E-state index in [2.05, 4.69) is 20.5 Å². The van der Waals surface area contributed by atoms with Crippen LogP contribution in [0.5, 0.6) is 0 Å². The monoisotopic (exact) mass is 497 g/mol. The van der Waals surface area contributed by atoms with Gasteiger partial charge in [-0.3, -0.25) is 4.79 Å². The number of carboxylic acids is 1. The Balaban J connectivity index is 0.000000406. The van der Waals surface area contributed by atoms with Crippen molar-refractivity contribution < 1.29 is 32.3 Å². The van der Waals surface area contributed by atoms with Crippen molar-refractivity contribution in [1.29, 1.82) is 0 Å². The second-order valence-corrected chi connectivity index (χ2v) is 8.36. The van der Waals surface area contributed by atoms with Crippen LogP contribution >= 0.6 is 11.3 Å². The Hall–Kier alpha value is -3.61. The zero-order valence-corrected chi connectivity index (χ0v) is 18.8. The second-order valence-electron chi connectivity index (χ2n) is 7.27. The van der Waals surface area contributed by atoms with Crippen molar-refractivity contribution in [3.05, 3.63) is 57.3 Å². The molecule has 1 aliphatic rings. The number of thiazole rings is 1. The first-order valence-electron chi connectivity index (χ1n) is 9.91. The third-order valence-corrected chi connectivity index (χ3v) is 5.75. The van der Waals surface area contributed by atoms with Crippen LogP contribution in [0.2, 0.25) is 0 Å². The standard InChI is InChI=1S/C19H18FN5OS.C2HF3O2/c1-11-5-7-13(10-14(11)20)21-18(26)19-22-17-15(27-19)4-3-9-25(17)16-8-6-12(2)23-24-16;3-2(4,5)1(6)7/h5-8,10H,3-4,9H2,1-2H3,(H,21,26);(H,6,7). The van der Waals surface area contributed by atoms with Gasteiger partial charge in [0.05, 0.1) is 5.69 Å². The molecule has 0 spiro atoms. The molecule has 0 saturated heterocycles. The number of nitrogens with one attached hydrogen (secondary N) is 1. The Bertz CT molecular complexity index is 1200. The van der Waals surface area contributed by atoms with Gasteiger partial charge < -0.3 is 15.3 Å². The third-order valence-electron chi connectivity index (χ3n) is 4.64. The molecule has 180 valence electrons. The van der Waals surface area contributed by atoms with Crippen LogP contribution in [0.1, 0.15) is 32.4 Å². The Morgan fingerprint density at radius 2 is 1.85 bits per heavy atom. The molecule has 13 heteroatoms. The molecule has 0 unspecified atom stereocenters. The number of halogens is 4. The van der Waals surface area contributed by atoms with Crippen LogP contribution < -0.4 is 10.2 Å². The molecule has 0 aliphatic carbocycles. The molecule has 0 bridgehead atoms. The molecule has 3 aromatic rings. The highest BCUT2D eigenvalue weighted by atomic mass is 32.1. The van der Waals surface area contributed by atoms with Gasteiger partial charge in [-0.2, -0.15) is 18.3 Å². The summed E-state index contributed by atoms with van der Waals surface area (Å²) < 4.78 is 45.4. The molecule has 0 saturated carbocycles. The zero-order valence-electron chi connectivity index (χ0n) is 18.0. The van der Waals surface area contributed by atoms with E-state index in [1.165, 1.54) is 17.4 Å². The molecule has 34 heavy (non-hydrogen) atoms. The van der Waals surface area contributed by atoms with Crippen molar-refractivity contribution in [3.63, 3.8) is 0 Å². The third kappa shape index (κ3) is 6.04. The summed E-state index contributed by atoms with van der Waals surface area (Å²) in [4.78, 5) is 29.1. The summed E-state index contributed by atoms with van der Waals surface area (Å²) >= 11 is 1.36. The quantitative estimate of drug-likeness (QED) is 0.507. The number of hydrogen-bond acceptors (Lipinski definition) is 7. The number of carbonyl (C=O) groups is 2. The number of aliphatic carboxylic acids is 1. The van der Waals surface area contributed by atoms with Gasteiger partial charge in [-0.05, 0) is 56.5 Å². The Morgan fingerprint density at radius 3 is 2.44 bits per heavy atom. The van der Waals surface area contributed by atoms with Gasteiger partial charge in [0.1, 0.15) is 11.6 Å². The van der Waals surface area contributed by atoms with Gasteiger partial charge >= 0.3 is 12.1 Å². The van der Waals surface area contributed by atoms with Crippen molar-refractivity contribution in [2.75, 3.05) is 16.8 Å². The van der Waals surface area contributed by atoms with Gasteiger partial charge in [0.15, 0.2) is 10.8 Å². The average molecular weight is 497 g/mol. The molecule has 0 radical (unpaired) electrons. The Labute approximate surface area is 195 Å². The number of fused-ring (bicyclic) bond motifs is 1. The number of aromatic nitrogens is 3. The molecule has 8 nitrogen and oxygen atoms in total. The van der Waals surface area contributed by atoms with E-state index < -0.39 is 12.1 Å². The van der Waals surface area contributed by atoms with Crippen LogP contribution in [0, 0.1) is 19.7 Å². The number of carbonyl (C=O) groups excluding carboxylic acids is 1. The van der Waals surface area contributed by atoms with Crippen LogP contribution in [-0.4, -0.2) is 44.9 Å². The molecule has 1 aromatic carbocycles. The molecule has 2 N–H and O–H groups in total. The molecule has 4 rings (SSSR count). The minimum Gasteiger partial charge on any atom is -0.475 e. The van der Waals surface area contributed by atoms with Crippen LogP contribution in [0.4, 0.5) is 34.9 Å². The normalized spacial score (nSPS) is 12.9. The lowest BCUT2D eigenvalue weighted by atomic mass is 10.2. The molecule has 1 amide bonds. The molecular weight excluding hydrogens is 478 g/mol. The van der Waals surface area contributed by atoms with Gasteiger partial charge in [0.2, 0.25) is 0 Å². The van der Waals surface area contributed by atoms with E-state index in [0.717, 1.165) is 41.6 Å². The maximum atomic E-state index is 13.7. The predicted molar refractivity (Wildman–Crippen MR) is 117 cm³/mol. The van der Waals surface area contributed by atoms with Crippen molar-refractivity contribution in [3.8, 4) is 0 Å². The number of anilines is 3. The van der Waals surface area contributed by atoms with Crippen molar-refractivity contribution in [1.82, 2.24) is 15.2 Å². The smallest absolute Gasteiger partial charge is 0.475 e. The summed E-state index contributed by atoms with van der Waals surface area (Å²) in [7, 11) is 0. The maximum absolute atomic E-state index is 13.7. The van der Waals surface area contributed by atoms with Crippen molar-refractivity contribution in [2.45, 2.75) is 32.9 Å². The molecular formula is C21H19F4N5O3S. The largest absolute Gasteiger partial charge is 0.490 e. The number of alkyl halides is 3. The number of carboxylic acid groups (broad SMARTS) is 1. The summed E-state index contributed by atoms with van der Waals surface area (Å²) in [6.07, 6.45) is -3.26. The van der Waals surface area contributed by atoms with Gasteiger partial charge in [-0.25, -0.2) is 14.2 Å². The molecule has 1 aliphatic heterocycles. The predicted octanol–water partition coefficient (Wildman–Crippen LogP) is 4.66. The number of amides is 1. The lowest BCUT2D eigenvalue weighted by Crippen LogP contribution is -2.25. The van der Waals surface area contributed by atoms with E-state index in [9.17, 15) is 22.4 Å². The van der Waals surface area contributed by atoms with Gasteiger partial charge in [0, 0.05) is 17.1 Å². The maximum Gasteiger partial charge on any atom is 0.490 e. The SMILES string of the molecule is Cc1ccc(N2CCCc3sc(C(=O)Nc4ccc(C)c(F)c4)nc32)nn1.O=C(O)C(F)(F)F. The Morgan fingerprint density at radius 1 is 1.15 bits per heavy atom. The number of rotatable bonds is 3. The van der Waals surface area contributed by atoms with Crippen molar-refractivity contribution in [2.24, 2.45) is 0 Å². The van der Waals surface area contributed by atoms with Crippen LogP contribution in [0.3, 0.4) is 0 Å². The van der Waals surface area contributed by atoms with Crippen LogP contribution in [-0.2, 0) is 11.2 Å². The highest BCUT2D eigenvalue weighted by Crippen LogP contribution is 2.35. The first-order chi connectivity index (χ1) is 16.0. The van der Waals surface area contributed by atoms with E-state index >= 15 is 0 Å². The zero-order chi connectivity index (χ0) is 25.0. The highest BCUT2D eigenvalue weighted by molar-refractivity contribution is 7.14. The van der Waals surface area contributed by atoms with Gasteiger partial charge in [0.25, 0.3) is 5.91 Å². The fourth-order valence-corrected chi connectivity index (χ4v) is 3.94. The summed E-state index contributed by atoms with van der Waals surface area (Å²) in [5.41, 5.74) is 1.80. The number of hydrogen-bond donors (Lipinski definition) is 2. The first-order valence-corrected chi connectivity index (χ1v) is 10.7. The van der Waals surface area contributed by atoms with Crippen molar-refractivity contribution >= 4 is 40.5 Å². The molecule has 2 aromatic heterocycles. The van der Waals surface area contributed by atoms with Crippen LogP contribution in [0.15, 0.2) is 30.3 Å².